The highest BCUT2D eigenvalue weighted by Crippen LogP contribution is 2.36. The first-order chi connectivity index (χ1) is 8.00. The van der Waals surface area contributed by atoms with E-state index in [2.05, 4.69) is 32.7 Å². The molecule has 17 heavy (non-hydrogen) atoms. The molecule has 1 aromatic rings. The summed E-state index contributed by atoms with van der Waals surface area (Å²) >= 11 is 3.46. The number of nitrogens with zero attached hydrogens (tertiary/aromatic N) is 1. The molecule has 4 heteroatoms. The zero-order valence-corrected chi connectivity index (χ0v) is 12.5. The van der Waals surface area contributed by atoms with E-state index in [4.69, 9.17) is 0 Å². The molecular weight excluding hydrogens is 250 g/mol. The van der Waals surface area contributed by atoms with Gasteiger partial charge in [0.15, 0.2) is 0 Å². The van der Waals surface area contributed by atoms with Crippen molar-refractivity contribution >= 4 is 23.5 Å². The Labute approximate surface area is 113 Å². The fraction of sp³-hybridized carbons (Fsp3) is 0.615. The molecule has 0 radical (unpaired) electrons. The van der Waals surface area contributed by atoms with Crippen LogP contribution in [0.2, 0.25) is 0 Å². The highest BCUT2D eigenvalue weighted by atomic mass is 32.2. The van der Waals surface area contributed by atoms with Gasteiger partial charge in [-0.15, -0.1) is 11.8 Å². The van der Waals surface area contributed by atoms with E-state index in [9.17, 15) is 5.11 Å². The summed E-state index contributed by atoms with van der Waals surface area (Å²) in [5.74, 6) is 0.266. The summed E-state index contributed by atoms with van der Waals surface area (Å²) < 4.78 is 0.143. The second kappa shape index (κ2) is 7.29. The van der Waals surface area contributed by atoms with E-state index in [1.807, 2.05) is 18.2 Å². The van der Waals surface area contributed by atoms with Crippen LogP contribution >= 0.6 is 23.5 Å². The predicted molar refractivity (Wildman–Crippen MR) is 77.5 cm³/mol. The fourth-order valence-corrected chi connectivity index (χ4v) is 4.46. The van der Waals surface area contributed by atoms with E-state index in [1.54, 1.807) is 29.7 Å². The van der Waals surface area contributed by atoms with Gasteiger partial charge in [-0.25, -0.2) is 4.98 Å². The number of hydrogen-bond acceptors (Lipinski definition) is 4. The van der Waals surface area contributed by atoms with Gasteiger partial charge in [-0.1, -0.05) is 45.5 Å². The Balaban J connectivity index is 2.70. The van der Waals surface area contributed by atoms with Gasteiger partial charge in [0, 0.05) is 11.4 Å². The van der Waals surface area contributed by atoms with Gasteiger partial charge in [-0.3, -0.25) is 0 Å². The lowest BCUT2D eigenvalue weighted by Crippen LogP contribution is -2.27. The molecule has 1 N–H and O–H groups in total. The van der Waals surface area contributed by atoms with Crippen LogP contribution in [-0.4, -0.2) is 26.0 Å². The van der Waals surface area contributed by atoms with Crippen LogP contribution in [0.4, 0.5) is 0 Å². The Morgan fingerprint density at radius 1 is 1.18 bits per heavy atom. The Hall–Kier alpha value is -0.190. The number of aliphatic hydroxyl groups is 1. The molecule has 0 aliphatic heterocycles. The molecule has 0 saturated carbocycles. The van der Waals surface area contributed by atoms with Crippen LogP contribution in [0, 0.1) is 5.92 Å². The molecule has 0 unspecified atom stereocenters. The van der Waals surface area contributed by atoms with Crippen molar-refractivity contribution in [1.82, 2.24) is 4.98 Å². The minimum Gasteiger partial charge on any atom is -0.391 e. The first kappa shape index (κ1) is 14.9. The van der Waals surface area contributed by atoms with E-state index in [0.717, 1.165) is 5.03 Å². The zero-order chi connectivity index (χ0) is 12.8. The van der Waals surface area contributed by atoms with Gasteiger partial charge in [0.25, 0.3) is 0 Å². The molecular formula is C13H21NOS2. The average molecular weight is 271 g/mol. The summed E-state index contributed by atoms with van der Waals surface area (Å²) in [5, 5.41) is 11.7. The van der Waals surface area contributed by atoms with Crippen molar-refractivity contribution in [2.45, 2.75) is 48.7 Å². The van der Waals surface area contributed by atoms with Crippen LogP contribution in [0.1, 0.15) is 27.7 Å². The summed E-state index contributed by atoms with van der Waals surface area (Å²) in [6, 6.07) is 5.88. The molecule has 96 valence electrons. The SMILES string of the molecule is CC(C)S[C@@H](Sc1ccccn1)[C@@H](O)C(C)C. The van der Waals surface area contributed by atoms with Crippen molar-refractivity contribution in [3.05, 3.63) is 24.4 Å². The minimum absolute atomic E-state index is 0.143. The molecule has 1 heterocycles. The van der Waals surface area contributed by atoms with E-state index < -0.39 is 0 Å². The Morgan fingerprint density at radius 3 is 2.35 bits per heavy atom. The molecule has 0 saturated heterocycles. The monoisotopic (exact) mass is 271 g/mol. The number of rotatable bonds is 6. The maximum atomic E-state index is 10.2. The molecule has 0 aromatic carbocycles. The maximum absolute atomic E-state index is 10.2. The third-order valence-corrected chi connectivity index (χ3v) is 4.95. The van der Waals surface area contributed by atoms with Crippen LogP contribution in [0.25, 0.3) is 0 Å². The normalized spacial score (nSPS) is 15.2. The first-order valence-electron chi connectivity index (χ1n) is 5.92. The predicted octanol–water partition coefficient (Wildman–Crippen LogP) is 3.66. The molecule has 2 atom stereocenters. The van der Waals surface area contributed by atoms with Gasteiger partial charge in [0.05, 0.1) is 15.7 Å². The lowest BCUT2D eigenvalue weighted by molar-refractivity contribution is 0.141. The summed E-state index contributed by atoms with van der Waals surface area (Å²) in [6.45, 7) is 8.42. The Kier molecular flexibility index (Phi) is 6.38. The summed E-state index contributed by atoms with van der Waals surface area (Å²) in [7, 11) is 0. The van der Waals surface area contributed by atoms with Gasteiger partial charge >= 0.3 is 0 Å². The highest BCUT2D eigenvalue weighted by molar-refractivity contribution is 8.17. The number of aromatic nitrogens is 1. The maximum Gasteiger partial charge on any atom is 0.0971 e. The van der Waals surface area contributed by atoms with Crippen molar-refractivity contribution in [2.75, 3.05) is 0 Å². The van der Waals surface area contributed by atoms with Gasteiger partial charge in [-0.2, -0.15) is 0 Å². The number of hydrogen-bond donors (Lipinski definition) is 1. The Morgan fingerprint density at radius 2 is 1.88 bits per heavy atom. The fourth-order valence-electron chi connectivity index (χ4n) is 1.30. The van der Waals surface area contributed by atoms with Crippen LogP contribution in [0.5, 0.6) is 0 Å². The molecule has 0 spiro atoms. The largest absolute Gasteiger partial charge is 0.391 e. The number of pyridine rings is 1. The molecule has 2 nitrogen and oxygen atoms in total. The molecule has 0 fully saturated rings. The smallest absolute Gasteiger partial charge is 0.0971 e. The first-order valence-corrected chi connectivity index (χ1v) is 7.74. The van der Waals surface area contributed by atoms with Crippen molar-refractivity contribution < 1.29 is 5.11 Å². The molecule has 0 bridgehead atoms. The lowest BCUT2D eigenvalue weighted by atomic mass is 10.1. The standard InChI is InChI=1S/C13H21NOS2/c1-9(2)12(15)13(16-10(3)4)17-11-7-5-6-8-14-11/h5-10,12-13,15H,1-4H3/t12-,13-/m0/s1. The lowest BCUT2D eigenvalue weighted by Gasteiger charge is -2.26. The van der Waals surface area contributed by atoms with Crippen LogP contribution < -0.4 is 0 Å². The zero-order valence-electron chi connectivity index (χ0n) is 10.8. The molecule has 0 aliphatic rings. The van der Waals surface area contributed by atoms with Gasteiger partial charge in [-0.05, 0) is 18.1 Å². The van der Waals surface area contributed by atoms with E-state index in [-0.39, 0.29) is 16.6 Å². The van der Waals surface area contributed by atoms with E-state index in [0.29, 0.717) is 5.25 Å². The highest BCUT2D eigenvalue weighted by Gasteiger charge is 2.25. The number of thioether (sulfide) groups is 2. The molecule has 1 aromatic heterocycles. The summed E-state index contributed by atoms with van der Waals surface area (Å²) in [5.41, 5.74) is 0. The van der Waals surface area contributed by atoms with E-state index in [1.165, 1.54) is 0 Å². The summed E-state index contributed by atoms with van der Waals surface area (Å²) in [4.78, 5) is 4.31. The van der Waals surface area contributed by atoms with Gasteiger partial charge in [0.1, 0.15) is 0 Å². The Bertz CT molecular complexity index is 316. The van der Waals surface area contributed by atoms with Crippen LogP contribution in [0.15, 0.2) is 29.4 Å². The van der Waals surface area contributed by atoms with Crippen LogP contribution in [0.3, 0.4) is 0 Å². The van der Waals surface area contributed by atoms with Crippen molar-refractivity contribution in [3.63, 3.8) is 0 Å². The third kappa shape index (κ3) is 5.32. The van der Waals surface area contributed by atoms with E-state index >= 15 is 0 Å². The second-order valence-electron chi connectivity index (χ2n) is 4.57. The molecule has 1 rings (SSSR count). The minimum atomic E-state index is -0.311. The summed E-state index contributed by atoms with van der Waals surface area (Å²) in [6.07, 6.45) is 1.48. The quantitative estimate of drug-likeness (QED) is 0.632. The second-order valence-corrected chi connectivity index (χ2v) is 7.76. The van der Waals surface area contributed by atoms with Gasteiger partial charge < -0.3 is 5.11 Å². The van der Waals surface area contributed by atoms with Crippen LogP contribution in [-0.2, 0) is 0 Å². The topological polar surface area (TPSA) is 33.1 Å². The third-order valence-electron chi connectivity index (χ3n) is 2.24. The number of aliphatic hydroxyl groups excluding tert-OH is 1. The van der Waals surface area contributed by atoms with Crippen molar-refractivity contribution in [3.8, 4) is 0 Å². The van der Waals surface area contributed by atoms with Crippen molar-refractivity contribution in [1.29, 1.82) is 0 Å². The van der Waals surface area contributed by atoms with Gasteiger partial charge in [0.2, 0.25) is 0 Å². The molecule has 0 amide bonds. The molecule has 0 aliphatic carbocycles. The average Bonchev–Trinajstić information content (AvgIpc) is 2.28. The van der Waals surface area contributed by atoms with Crippen molar-refractivity contribution in [2.24, 2.45) is 5.92 Å².